The maximum atomic E-state index is 11.5. The number of amides is 2. The van der Waals surface area contributed by atoms with E-state index in [1.807, 2.05) is 30.0 Å². The lowest BCUT2D eigenvalue weighted by atomic mass is 9.93. The van der Waals surface area contributed by atoms with Crippen molar-refractivity contribution in [2.45, 2.75) is 26.2 Å². The van der Waals surface area contributed by atoms with Gasteiger partial charge in [0.15, 0.2) is 0 Å². The number of nitrogens with zero attached hydrogens (tertiary/aromatic N) is 2. The first-order valence-electron chi connectivity index (χ1n) is 7.33. The molecule has 0 radical (unpaired) electrons. The molecular formula is C15H27N3O2. The molecule has 1 N–H and O–H groups in total. The highest BCUT2D eigenvalue weighted by molar-refractivity contribution is 5.87. The molecule has 0 unspecified atom stereocenters. The Balaban J connectivity index is 2.11. The molecule has 1 saturated heterocycles. The minimum Gasteiger partial charge on any atom is -0.353 e. The number of likely N-dealkylation sites (N-methyl/N-ethyl adjacent to an activating group) is 1. The van der Waals surface area contributed by atoms with Crippen molar-refractivity contribution in [1.29, 1.82) is 0 Å². The van der Waals surface area contributed by atoms with Crippen molar-refractivity contribution < 1.29 is 9.59 Å². The first kappa shape index (κ1) is 16.7. The van der Waals surface area contributed by atoms with Crippen LogP contribution in [-0.4, -0.2) is 61.9 Å². The molecule has 0 atom stereocenters. The fraction of sp³-hybridized carbons (Fsp3) is 0.733. The first-order chi connectivity index (χ1) is 9.49. The second kappa shape index (κ2) is 8.74. The monoisotopic (exact) mass is 281 g/mol. The third-order valence-corrected chi connectivity index (χ3v) is 3.65. The highest BCUT2D eigenvalue weighted by Crippen LogP contribution is 2.19. The standard InChI is InChI=1S/C15H27N3O2/c1-13(19)18-11-7-14(8-12-18)6-9-16-15(20)5-4-10-17(2)3/h4-5,14H,6-12H2,1-3H3,(H,16,20)/b5-4+. The van der Waals surface area contributed by atoms with E-state index in [1.54, 1.807) is 13.0 Å². The van der Waals surface area contributed by atoms with Gasteiger partial charge < -0.3 is 15.1 Å². The van der Waals surface area contributed by atoms with Gasteiger partial charge >= 0.3 is 0 Å². The van der Waals surface area contributed by atoms with Gasteiger partial charge in [0.25, 0.3) is 0 Å². The first-order valence-corrected chi connectivity index (χ1v) is 7.33. The zero-order valence-electron chi connectivity index (χ0n) is 12.9. The number of hydrogen-bond donors (Lipinski definition) is 1. The van der Waals surface area contributed by atoms with Gasteiger partial charge in [0.1, 0.15) is 0 Å². The van der Waals surface area contributed by atoms with Crippen molar-refractivity contribution in [2.75, 3.05) is 40.3 Å². The van der Waals surface area contributed by atoms with Crippen LogP contribution < -0.4 is 5.32 Å². The summed E-state index contributed by atoms with van der Waals surface area (Å²) in [6.45, 7) is 4.83. The van der Waals surface area contributed by atoms with Crippen molar-refractivity contribution in [2.24, 2.45) is 5.92 Å². The number of carbonyl (C=O) groups is 2. The normalized spacial score (nSPS) is 16.9. The van der Waals surface area contributed by atoms with E-state index >= 15 is 0 Å². The minimum absolute atomic E-state index is 0.0204. The molecule has 5 heteroatoms. The molecule has 5 nitrogen and oxygen atoms in total. The summed E-state index contributed by atoms with van der Waals surface area (Å²) in [5.74, 6) is 0.771. The van der Waals surface area contributed by atoms with E-state index in [0.29, 0.717) is 5.92 Å². The average molecular weight is 281 g/mol. The maximum Gasteiger partial charge on any atom is 0.243 e. The number of carbonyl (C=O) groups excluding carboxylic acids is 2. The van der Waals surface area contributed by atoms with Gasteiger partial charge in [-0.25, -0.2) is 0 Å². The van der Waals surface area contributed by atoms with Crippen LogP contribution in [0.4, 0.5) is 0 Å². The lowest BCUT2D eigenvalue weighted by molar-refractivity contribution is -0.130. The van der Waals surface area contributed by atoms with E-state index in [0.717, 1.165) is 45.4 Å². The van der Waals surface area contributed by atoms with Crippen LogP contribution in [0, 0.1) is 5.92 Å². The van der Waals surface area contributed by atoms with Crippen LogP contribution in [0.5, 0.6) is 0 Å². The van der Waals surface area contributed by atoms with Crippen LogP contribution in [0.15, 0.2) is 12.2 Å². The number of hydrogen-bond acceptors (Lipinski definition) is 3. The number of likely N-dealkylation sites (tertiary alicyclic amines) is 1. The lowest BCUT2D eigenvalue weighted by Gasteiger charge is -2.31. The van der Waals surface area contributed by atoms with Gasteiger partial charge in [-0.15, -0.1) is 0 Å². The van der Waals surface area contributed by atoms with Gasteiger partial charge in [0, 0.05) is 39.2 Å². The smallest absolute Gasteiger partial charge is 0.243 e. The van der Waals surface area contributed by atoms with Gasteiger partial charge in [0.2, 0.25) is 11.8 Å². The number of nitrogens with one attached hydrogen (secondary N) is 1. The third-order valence-electron chi connectivity index (χ3n) is 3.65. The van der Waals surface area contributed by atoms with E-state index in [-0.39, 0.29) is 11.8 Å². The Morgan fingerprint density at radius 1 is 1.30 bits per heavy atom. The molecular weight excluding hydrogens is 254 g/mol. The molecule has 0 spiro atoms. The Morgan fingerprint density at radius 2 is 1.95 bits per heavy atom. The van der Waals surface area contributed by atoms with E-state index in [1.165, 1.54) is 0 Å². The number of rotatable bonds is 6. The predicted molar refractivity (Wildman–Crippen MR) is 80.3 cm³/mol. The second-order valence-corrected chi connectivity index (χ2v) is 5.69. The van der Waals surface area contributed by atoms with E-state index in [9.17, 15) is 9.59 Å². The molecule has 1 aliphatic heterocycles. The molecule has 0 aromatic carbocycles. The van der Waals surface area contributed by atoms with Crippen molar-refractivity contribution >= 4 is 11.8 Å². The van der Waals surface area contributed by atoms with Crippen LogP contribution in [0.2, 0.25) is 0 Å². The lowest BCUT2D eigenvalue weighted by Crippen LogP contribution is -2.37. The fourth-order valence-corrected chi connectivity index (χ4v) is 2.37. The maximum absolute atomic E-state index is 11.5. The Labute approximate surface area is 122 Å². The van der Waals surface area contributed by atoms with E-state index in [2.05, 4.69) is 5.32 Å². The van der Waals surface area contributed by atoms with Crippen LogP contribution in [0.1, 0.15) is 26.2 Å². The highest BCUT2D eigenvalue weighted by Gasteiger charge is 2.20. The van der Waals surface area contributed by atoms with Gasteiger partial charge in [-0.1, -0.05) is 6.08 Å². The summed E-state index contributed by atoms with van der Waals surface area (Å²) >= 11 is 0. The Bertz CT molecular complexity index is 345. The summed E-state index contributed by atoms with van der Waals surface area (Å²) in [5, 5.41) is 2.91. The quantitative estimate of drug-likeness (QED) is 0.735. The van der Waals surface area contributed by atoms with E-state index in [4.69, 9.17) is 0 Å². The van der Waals surface area contributed by atoms with Crippen LogP contribution in [0.25, 0.3) is 0 Å². The van der Waals surface area contributed by atoms with Crippen molar-refractivity contribution in [3.8, 4) is 0 Å². The minimum atomic E-state index is -0.0204. The zero-order valence-corrected chi connectivity index (χ0v) is 12.9. The van der Waals surface area contributed by atoms with Gasteiger partial charge in [-0.2, -0.15) is 0 Å². The summed E-state index contributed by atoms with van der Waals surface area (Å²) in [7, 11) is 3.94. The second-order valence-electron chi connectivity index (χ2n) is 5.69. The summed E-state index contributed by atoms with van der Waals surface area (Å²) in [5.41, 5.74) is 0. The molecule has 2 amide bonds. The van der Waals surface area contributed by atoms with E-state index < -0.39 is 0 Å². The van der Waals surface area contributed by atoms with Crippen molar-refractivity contribution in [3.63, 3.8) is 0 Å². The summed E-state index contributed by atoms with van der Waals surface area (Å²) in [6, 6.07) is 0. The van der Waals surface area contributed by atoms with Crippen molar-refractivity contribution in [1.82, 2.24) is 15.1 Å². The average Bonchev–Trinajstić information content (AvgIpc) is 2.39. The summed E-state index contributed by atoms with van der Waals surface area (Å²) in [6.07, 6.45) is 6.55. The summed E-state index contributed by atoms with van der Waals surface area (Å²) < 4.78 is 0. The molecule has 114 valence electrons. The molecule has 0 bridgehead atoms. The number of piperidine rings is 1. The van der Waals surface area contributed by atoms with Crippen LogP contribution in [0.3, 0.4) is 0 Å². The summed E-state index contributed by atoms with van der Waals surface area (Å²) in [4.78, 5) is 26.7. The SMILES string of the molecule is CC(=O)N1CCC(CCNC(=O)/C=C/CN(C)C)CC1. The topological polar surface area (TPSA) is 52.7 Å². The molecule has 0 aromatic heterocycles. The third kappa shape index (κ3) is 6.70. The molecule has 1 fully saturated rings. The van der Waals surface area contributed by atoms with Gasteiger partial charge in [-0.05, 0) is 39.3 Å². The molecule has 0 aromatic rings. The highest BCUT2D eigenvalue weighted by atomic mass is 16.2. The largest absolute Gasteiger partial charge is 0.353 e. The molecule has 20 heavy (non-hydrogen) atoms. The van der Waals surface area contributed by atoms with Crippen LogP contribution >= 0.6 is 0 Å². The zero-order chi connectivity index (χ0) is 15.0. The van der Waals surface area contributed by atoms with Gasteiger partial charge in [0.05, 0.1) is 0 Å². The van der Waals surface area contributed by atoms with Crippen molar-refractivity contribution in [3.05, 3.63) is 12.2 Å². The Kier molecular flexibility index (Phi) is 7.30. The van der Waals surface area contributed by atoms with Crippen LogP contribution in [-0.2, 0) is 9.59 Å². The Morgan fingerprint density at radius 3 is 2.50 bits per heavy atom. The molecule has 0 aliphatic carbocycles. The Hall–Kier alpha value is -1.36. The van der Waals surface area contributed by atoms with Gasteiger partial charge in [-0.3, -0.25) is 9.59 Å². The molecule has 1 heterocycles. The molecule has 0 saturated carbocycles. The fourth-order valence-electron chi connectivity index (χ4n) is 2.37. The predicted octanol–water partition coefficient (Wildman–Crippen LogP) is 0.869. The molecule has 1 rings (SSSR count). The molecule has 1 aliphatic rings.